The molecule has 0 aliphatic carbocycles. The monoisotopic (exact) mass is 217 g/mol. The van der Waals surface area contributed by atoms with E-state index in [0.717, 1.165) is 6.42 Å². The second-order valence-corrected chi connectivity index (χ2v) is 4.65. The fourth-order valence-corrected chi connectivity index (χ4v) is 1.72. The Morgan fingerprint density at radius 3 is 2.31 bits per heavy atom. The Balaban J connectivity index is 2.66. The summed E-state index contributed by atoms with van der Waals surface area (Å²) in [5.41, 5.74) is 10.9. The summed E-state index contributed by atoms with van der Waals surface area (Å²) in [6.45, 7) is 7.04. The third kappa shape index (κ3) is 3.95. The number of rotatable bonds is 5. The Labute approximate surface area is 97.1 Å². The zero-order valence-corrected chi connectivity index (χ0v) is 10.2. The van der Waals surface area contributed by atoms with Crippen LogP contribution >= 0.6 is 0 Å². The molecule has 0 spiro atoms. The highest BCUT2D eigenvalue weighted by atomic mass is 15.1. The number of hydrogen-bond donors (Lipinski definition) is 0. The second kappa shape index (κ2) is 6.19. The van der Waals surface area contributed by atoms with Crippen LogP contribution in [0.25, 0.3) is 10.4 Å². The summed E-state index contributed by atoms with van der Waals surface area (Å²) >= 11 is 0. The fourth-order valence-electron chi connectivity index (χ4n) is 1.72. The van der Waals surface area contributed by atoms with Gasteiger partial charge in [-0.05, 0) is 34.9 Å². The van der Waals surface area contributed by atoms with Crippen LogP contribution in [-0.2, 0) is 6.42 Å². The van der Waals surface area contributed by atoms with Gasteiger partial charge in [-0.15, -0.1) is 0 Å². The molecule has 1 unspecified atom stereocenters. The minimum absolute atomic E-state index is 0.295. The largest absolute Gasteiger partial charge is 0.0934 e. The summed E-state index contributed by atoms with van der Waals surface area (Å²) < 4.78 is 0. The number of benzene rings is 1. The van der Waals surface area contributed by atoms with Crippen molar-refractivity contribution in [2.24, 2.45) is 11.0 Å². The average molecular weight is 217 g/mol. The summed E-state index contributed by atoms with van der Waals surface area (Å²) in [4.78, 5) is 2.78. The van der Waals surface area contributed by atoms with Crippen molar-refractivity contribution in [3.63, 3.8) is 0 Å². The Morgan fingerprint density at radius 1 is 1.19 bits per heavy atom. The third-order valence-electron chi connectivity index (χ3n) is 2.61. The molecule has 0 aliphatic rings. The van der Waals surface area contributed by atoms with E-state index >= 15 is 0 Å². The maximum absolute atomic E-state index is 8.26. The molecule has 0 amide bonds. The van der Waals surface area contributed by atoms with Gasteiger partial charge in [0.2, 0.25) is 0 Å². The molecule has 0 saturated heterocycles. The lowest BCUT2D eigenvalue weighted by atomic mass is 9.97. The second-order valence-electron chi connectivity index (χ2n) is 4.65. The molecular formula is C13H19N3. The first-order valence-corrected chi connectivity index (χ1v) is 5.73. The van der Waals surface area contributed by atoms with Crippen molar-refractivity contribution in [1.29, 1.82) is 0 Å². The van der Waals surface area contributed by atoms with Crippen molar-refractivity contribution < 1.29 is 0 Å². The van der Waals surface area contributed by atoms with Crippen LogP contribution in [-0.4, -0.2) is 6.54 Å². The quantitative estimate of drug-likeness (QED) is 0.401. The summed E-state index contributed by atoms with van der Waals surface area (Å²) in [6, 6.07) is 8.61. The van der Waals surface area contributed by atoms with Crippen LogP contribution in [0.2, 0.25) is 0 Å². The van der Waals surface area contributed by atoms with Crippen molar-refractivity contribution in [3.8, 4) is 0 Å². The highest BCUT2D eigenvalue weighted by molar-refractivity contribution is 5.25. The molecule has 0 heterocycles. The van der Waals surface area contributed by atoms with E-state index in [1.165, 1.54) is 11.1 Å². The molecule has 16 heavy (non-hydrogen) atoms. The molecule has 1 rings (SSSR count). The van der Waals surface area contributed by atoms with Crippen LogP contribution < -0.4 is 0 Å². The summed E-state index contributed by atoms with van der Waals surface area (Å²) in [7, 11) is 0. The Bertz CT molecular complexity index is 361. The first-order chi connectivity index (χ1) is 7.63. The van der Waals surface area contributed by atoms with Gasteiger partial charge in [0.15, 0.2) is 0 Å². The number of azide groups is 1. The Morgan fingerprint density at radius 2 is 1.81 bits per heavy atom. The molecule has 86 valence electrons. The van der Waals surface area contributed by atoms with Crippen LogP contribution in [0.15, 0.2) is 29.4 Å². The zero-order valence-electron chi connectivity index (χ0n) is 10.2. The van der Waals surface area contributed by atoms with Gasteiger partial charge in [-0.25, -0.2) is 0 Å². The maximum Gasteiger partial charge on any atom is 0.0324 e. The van der Waals surface area contributed by atoms with Crippen LogP contribution in [0.4, 0.5) is 0 Å². The molecule has 1 aromatic carbocycles. The van der Waals surface area contributed by atoms with Gasteiger partial charge in [0, 0.05) is 11.5 Å². The minimum Gasteiger partial charge on any atom is -0.0934 e. The van der Waals surface area contributed by atoms with Crippen LogP contribution in [0.5, 0.6) is 0 Å². The molecule has 0 saturated carbocycles. The van der Waals surface area contributed by atoms with E-state index in [0.29, 0.717) is 18.4 Å². The van der Waals surface area contributed by atoms with Crippen molar-refractivity contribution in [3.05, 3.63) is 45.8 Å². The van der Waals surface area contributed by atoms with Gasteiger partial charge in [0.1, 0.15) is 0 Å². The van der Waals surface area contributed by atoms with E-state index < -0.39 is 0 Å². The maximum atomic E-state index is 8.26. The van der Waals surface area contributed by atoms with Gasteiger partial charge in [-0.3, -0.25) is 0 Å². The molecule has 0 aromatic heterocycles. The lowest BCUT2D eigenvalue weighted by molar-refractivity contribution is 0.646. The van der Waals surface area contributed by atoms with E-state index in [-0.39, 0.29) is 0 Å². The predicted octanol–water partition coefficient (Wildman–Crippen LogP) is 4.30. The first-order valence-electron chi connectivity index (χ1n) is 5.73. The molecule has 1 atom stereocenters. The van der Waals surface area contributed by atoms with E-state index in [1.807, 2.05) is 0 Å². The highest BCUT2D eigenvalue weighted by Gasteiger charge is 2.04. The summed E-state index contributed by atoms with van der Waals surface area (Å²) in [5, 5.41) is 3.60. The molecular weight excluding hydrogens is 198 g/mol. The first kappa shape index (κ1) is 12.6. The summed E-state index contributed by atoms with van der Waals surface area (Å²) in [6.07, 6.45) is 1.12. The van der Waals surface area contributed by atoms with Gasteiger partial charge in [-0.2, -0.15) is 0 Å². The van der Waals surface area contributed by atoms with Crippen LogP contribution in [0.1, 0.15) is 37.8 Å². The SMILES string of the molecule is CC(C)Cc1ccc(C(C)CN=[N+]=[N-])cc1. The van der Waals surface area contributed by atoms with E-state index in [2.05, 4.69) is 55.1 Å². The van der Waals surface area contributed by atoms with Gasteiger partial charge in [0.25, 0.3) is 0 Å². The van der Waals surface area contributed by atoms with Crippen molar-refractivity contribution in [2.75, 3.05) is 6.54 Å². The molecule has 1 aromatic rings. The number of nitrogens with zero attached hydrogens (tertiary/aromatic N) is 3. The molecule has 0 radical (unpaired) electrons. The predicted molar refractivity (Wildman–Crippen MR) is 67.4 cm³/mol. The van der Waals surface area contributed by atoms with Crippen LogP contribution in [0, 0.1) is 5.92 Å². The molecule has 0 N–H and O–H groups in total. The Hall–Kier alpha value is -1.47. The molecule has 0 fully saturated rings. The van der Waals surface area contributed by atoms with Crippen molar-refractivity contribution in [1.82, 2.24) is 0 Å². The average Bonchev–Trinajstić information content (AvgIpc) is 2.26. The van der Waals surface area contributed by atoms with Crippen molar-refractivity contribution in [2.45, 2.75) is 33.1 Å². The minimum atomic E-state index is 0.295. The highest BCUT2D eigenvalue weighted by Crippen LogP contribution is 2.17. The smallest absolute Gasteiger partial charge is 0.0324 e. The third-order valence-corrected chi connectivity index (χ3v) is 2.61. The van der Waals surface area contributed by atoms with E-state index in [1.54, 1.807) is 0 Å². The fraction of sp³-hybridized carbons (Fsp3) is 0.538. The van der Waals surface area contributed by atoms with Gasteiger partial charge in [0.05, 0.1) is 0 Å². The van der Waals surface area contributed by atoms with E-state index in [4.69, 9.17) is 5.53 Å². The lowest BCUT2D eigenvalue weighted by Gasteiger charge is -2.10. The molecule has 3 heteroatoms. The summed E-state index contributed by atoms with van der Waals surface area (Å²) in [5.74, 6) is 0.982. The van der Waals surface area contributed by atoms with Crippen LogP contribution in [0.3, 0.4) is 0 Å². The number of hydrogen-bond acceptors (Lipinski definition) is 1. The topological polar surface area (TPSA) is 48.8 Å². The van der Waals surface area contributed by atoms with Gasteiger partial charge < -0.3 is 0 Å². The van der Waals surface area contributed by atoms with E-state index in [9.17, 15) is 0 Å². The van der Waals surface area contributed by atoms with Gasteiger partial charge in [-0.1, -0.05) is 50.2 Å². The molecule has 3 nitrogen and oxygen atoms in total. The molecule has 0 bridgehead atoms. The van der Waals surface area contributed by atoms with Crippen molar-refractivity contribution >= 4 is 0 Å². The standard InChI is InChI=1S/C13H19N3/c1-10(2)8-12-4-6-13(7-5-12)11(3)9-15-16-14/h4-7,10-11H,8-9H2,1-3H3. The Kier molecular flexibility index (Phi) is 4.87. The zero-order chi connectivity index (χ0) is 12.0. The lowest BCUT2D eigenvalue weighted by Crippen LogP contribution is -1.98. The van der Waals surface area contributed by atoms with Gasteiger partial charge >= 0.3 is 0 Å². The molecule has 0 aliphatic heterocycles. The normalized spacial score (nSPS) is 12.2.